The first-order valence-electron chi connectivity index (χ1n) is 10.3. The topological polar surface area (TPSA) is 74.3 Å². The summed E-state index contributed by atoms with van der Waals surface area (Å²) in [7, 11) is 3.61. The molecule has 1 saturated carbocycles. The van der Waals surface area contributed by atoms with Crippen molar-refractivity contribution in [3.8, 4) is 5.88 Å². The fourth-order valence-corrected chi connectivity index (χ4v) is 4.04. The van der Waals surface area contributed by atoms with Crippen LogP contribution in [-0.4, -0.2) is 31.9 Å². The molecule has 2 aromatic heterocycles. The van der Waals surface area contributed by atoms with Crippen molar-refractivity contribution in [1.82, 2.24) is 19.6 Å². The molecular formula is C22H29N5O2. The van der Waals surface area contributed by atoms with Crippen LogP contribution in [0.1, 0.15) is 43.0 Å². The van der Waals surface area contributed by atoms with Gasteiger partial charge in [0, 0.05) is 55.2 Å². The van der Waals surface area contributed by atoms with Crippen LogP contribution in [0.15, 0.2) is 33.8 Å². The van der Waals surface area contributed by atoms with Crippen LogP contribution >= 0.6 is 0 Å². The van der Waals surface area contributed by atoms with Crippen LogP contribution in [0.2, 0.25) is 0 Å². The van der Waals surface area contributed by atoms with Crippen molar-refractivity contribution in [2.45, 2.75) is 46.0 Å². The monoisotopic (exact) mass is 395 g/mol. The number of aromatic nitrogens is 4. The van der Waals surface area contributed by atoms with Gasteiger partial charge in [-0.05, 0) is 51.5 Å². The van der Waals surface area contributed by atoms with E-state index in [1.165, 1.54) is 16.0 Å². The van der Waals surface area contributed by atoms with E-state index in [9.17, 15) is 4.79 Å². The standard InChI is InChI=1S/C22H29N5O2/c1-14-5-7-19(23-11-14)18-9-17(18)13-29-21-10-16(22(28)27(4)25-21)6-8-20-15(2)12-24-26(20)3/h10-12,17-18H,5-9,13H2,1-4H3/t17-,18+/m1/s1. The minimum absolute atomic E-state index is 0.0693. The van der Waals surface area contributed by atoms with Crippen molar-refractivity contribution >= 4 is 5.71 Å². The molecule has 0 unspecified atom stereocenters. The van der Waals surface area contributed by atoms with E-state index in [1.54, 1.807) is 13.1 Å². The van der Waals surface area contributed by atoms with Gasteiger partial charge in [-0.25, -0.2) is 4.68 Å². The Morgan fingerprint density at radius 1 is 1.17 bits per heavy atom. The number of aliphatic imine (C=N–C) groups is 1. The van der Waals surface area contributed by atoms with Crippen molar-refractivity contribution in [2.75, 3.05) is 6.61 Å². The van der Waals surface area contributed by atoms with E-state index in [1.807, 2.05) is 31.1 Å². The largest absolute Gasteiger partial charge is 0.476 e. The Morgan fingerprint density at radius 2 is 2.00 bits per heavy atom. The molecule has 0 aromatic carbocycles. The number of ether oxygens (including phenoxy) is 1. The summed E-state index contributed by atoms with van der Waals surface area (Å²) in [4.78, 5) is 17.1. The van der Waals surface area contributed by atoms with Gasteiger partial charge in [-0.1, -0.05) is 5.57 Å². The van der Waals surface area contributed by atoms with Gasteiger partial charge in [0.1, 0.15) is 0 Å². The molecular weight excluding hydrogens is 366 g/mol. The number of hydrogen-bond acceptors (Lipinski definition) is 5. The van der Waals surface area contributed by atoms with Crippen molar-refractivity contribution in [2.24, 2.45) is 30.9 Å². The third-order valence-electron chi connectivity index (χ3n) is 6.04. The average molecular weight is 396 g/mol. The lowest BCUT2D eigenvalue weighted by atomic mass is 10.0. The van der Waals surface area contributed by atoms with Gasteiger partial charge in [0.15, 0.2) is 0 Å². The Hall–Kier alpha value is -2.70. The van der Waals surface area contributed by atoms with Crippen molar-refractivity contribution in [1.29, 1.82) is 0 Å². The molecule has 7 heteroatoms. The van der Waals surface area contributed by atoms with Gasteiger partial charge >= 0.3 is 0 Å². The molecule has 1 aliphatic heterocycles. The second-order valence-corrected chi connectivity index (χ2v) is 8.34. The fraction of sp³-hybridized carbons (Fsp3) is 0.545. The van der Waals surface area contributed by atoms with Crippen LogP contribution in [0, 0.1) is 18.8 Å². The summed E-state index contributed by atoms with van der Waals surface area (Å²) in [6, 6.07) is 1.80. The van der Waals surface area contributed by atoms with E-state index in [4.69, 9.17) is 4.74 Å². The third-order valence-corrected chi connectivity index (χ3v) is 6.04. The third kappa shape index (κ3) is 4.33. The average Bonchev–Trinajstić information content (AvgIpc) is 3.41. The molecule has 0 radical (unpaired) electrons. The van der Waals surface area contributed by atoms with Gasteiger partial charge in [0.25, 0.3) is 5.56 Å². The smallest absolute Gasteiger partial charge is 0.269 e. The van der Waals surface area contributed by atoms with E-state index in [0.29, 0.717) is 30.7 Å². The highest BCUT2D eigenvalue weighted by molar-refractivity contribution is 5.90. The van der Waals surface area contributed by atoms with Gasteiger partial charge in [-0.3, -0.25) is 14.5 Å². The zero-order valence-corrected chi connectivity index (χ0v) is 17.7. The highest BCUT2D eigenvalue weighted by Gasteiger charge is 2.41. The van der Waals surface area contributed by atoms with Crippen LogP contribution in [-0.2, 0) is 26.9 Å². The lowest BCUT2D eigenvalue weighted by molar-refractivity contribution is 0.277. The first kappa shape index (κ1) is 19.6. The Morgan fingerprint density at radius 3 is 2.69 bits per heavy atom. The second-order valence-electron chi connectivity index (χ2n) is 8.34. The lowest BCUT2D eigenvalue weighted by Gasteiger charge is -2.12. The maximum atomic E-state index is 12.5. The maximum Gasteiger partial charge on any atom is 0.269 e. The van der Waals surface area contributed by atoms with E-state index in [0.717, 1.165) is 42.5 Å². The molecule has 0 amide bonds. The van der Waals surface area contributed by atoms with Crippen LogP contribution in [0.3, 0.4) is 0 Å². The minimum atomic E-state index is -0.0693. The first-order valence-corrected chi connectivity index (χ1v) is 10.3. The Labute approximate surface area is 171 Å². The second kappa shape index (κ2) is 7.97. The fourth-order valence-electron chi connectivity index (χ4n) is 4.04. The Bertz CT molecular complexity index is 1010. The molecule has 3 heterocycles. The maximum absolute atomic E-state index is 12.5. The predicted octanol–water partition coefficient (Wildman–Crippen LogP) is 2.76. The van der Waals surface area contributed by atoms with Gasteiger partial charge in [-0.2, -0.15) is 5.10 Å². The van der Waals surface area contributed by atoms with Gasteiger partial charge in [-0.15, -0.1) is 5.10 Å². The first-order chi connectivity index (χ1) is 13.9. The molecule has 0 bridgehead atoms. The number of allylic oxidation sites excluding steroid dienone is 1. The van der Waals surface area contributed by atoms with Gasteiger partial charge < -0.3 is 4.74 Å². The van der Waals surface area contributed by atoms with Crippen molar-refractivity contribution < 1.29 is 4.74 Å². The van der Waals surface area contributed by atoms with Crippen molar-refractivity contribution in [3.63, 3.8) is 0 Å². The molecule has 4 rings (SSSR count). The number of rotatable bonds is 7. The Kier molecular flexibility index (Phi) is 5.39. The number of aryl methyl sites for hydroxylation is 4. The molecule has 1 fully saturated rings. The summed E-state index contributed by atoms with van der Waals surface area (Å²) in [5.74, 6) is 1.56. The Balaban J connectivity index is 1.38. The molecule has 2 atom stereocenters. The van der Waals surface area contributed by atoms with Crippen LogP contribution in [0.4, 0.5) is 0 Å². The summed E-state index contributed by atoms with van der Waals surface area (Å²) in [6.45, 7) is 4.80. The molecule has 29 heavy (non-hydrogen) atoms. The van der Waals surface area contributed by atoms with E-state index < -0.39 is 0 Å². The molecule has 0 N–H and O–H groups in total. The molecule has 2 aromatic rings. The van der Waals surface area contributed by atoms with Crippen molar-refractivity contribution in [3.05, 3.63) is 51.2 Å². The predicted molar refractivity (Wildman–Crippen MR) is 112 cm³/mol. The van der Waals surface area contributed by atoms with Crippen LogP contribution < -0.4 is 10.3 Å². The molecule has 7 nitrogen and oxygen atoms in total. The summed E-state index contributed by atoms with van der Waals surface area (Å²) in [5, 5.41) is 8.56. The highest BCUT2D eigenvalue weighted by Crippen LogP contribution is 2.42. The van der Waals surface area contributed by atoms with E-state index >= 15 is 0 Å². The summed E-state index contributed by atoms with van der Waals surface area (Å²) >= 11 is 0. The number of hydrogen-bond donors (Lipinski definition) is 0. The quantitative estimate of drug-likeness (QED) is 0.722. The van der Waals surface area contributed by atoms with Gasteiger partial charge in [0.05, 0.1) is 12.8 Å². The molecule has 1 aliphatic carbocycles. The normalized spacial score (nSPS) is 21.0. The molecule has 2 aliphatic rings. The summed E-state index contributed by atoms with van der Waals surface area (Å²) < 4.78 is 9.22. The van der Waals surface area contributed by atoms with Gasteiger partial charge in [0.2, 0.25) is 5.88 Å². The zero-order chi connectivity index (χ0) is 20.5. The highest BCUT2D eigenvalue weighted by atomic mass is 16.5. The molecule has 154 valence electrons. The lowest BCUT2D eigenvalue weighted by Crippen LogP contribution is -2.25. The zero-order valence-electron chi connectivity index (χ0n) is 17.7. The SMILES string of the molecule is CC1=CN=C([C@H]2C[C@@H]2COc2cc(CCc3c(C)cnn3C)c(=O)n(C)n2)CC1. The molecule has 0 spiro atoms. The van der Waals surface area contributed by atoms with E-state index in [-0.39, 0.29) is 5.56 Å². The van der Waals surface area contributed by atoms with Crippen LogP contribution in [0.25, 0.3) is 0 Å². The minimum Gasteiger partial charge on any atom is -0.476 e. The summed E-state index contributed by atoms with van der Waals surface area (Å²) in [5.41, 5.74) is 5.60. The van der Waals surface area contributed by atoms with E-state index in [2.05, 4.69) is 22.1 Å². The summed E-state index contributed by atoms with van der Waals surface area (Å²) in [6.07, 6.45) is 8.57. The number of nitrogens with zero attached hydrogens (tertiary/aromatic N) is 5. The molecule has 0 saturated heterocycles. The van der Waals surface area contributed by atoms with Crippen LogP contribution in [0.5, 0.6) is 5.88 Å².